The molecule has 0 aliphatic carbocycles. The SMILES string of the molecule is CCCCCCCCCCCCC(CC(=O)O)[C@H](N)[C]=O. The Balaban J connectivity index is 3.53. The molecule has 0 spiro atoms. The van der Waals surface area contributed by atoms with Crippen LogP contribution in [0.4, 0.5) is 0 Å². The highest BCUT2D eigenvalue weighted by Crippen LogP contribution is 2.18. The van der Waals surface area contributed by atoms with Gasteiger partial charge in [0.2, 0.25) is 6.29 Å². The minimum atomic E-state index is -0.891. The molecule has 0 rings (SSSR count). The molecule has 0 aromatic carbocycles. The predicted molar refractivity (Wildman–Crippen MR) is 85.9 cm³/mol. The lowest BCUT2D eigenvalue weighted by Gasteiger charge is -2.16. The van der Waals surface area contributed by atoms with Gasteiger partial charge >= 0.3 is 5.97 Å². The summed E-state index contributed by atoms with van der Waals surface area (Å²) in [6.07, 6.45) is 14.8. The number of carboxylic acids is 1. The second-order valence-corrected chi connectivity index (χ2v) is 5.97. The number of aliphatic carboxylic acids is 1. The largest absolute Gasteiger partial charge is 0.481 e. The van der Waals surface area contributed by atoms with Crippen LogP contribution in [0.25, 0.3) is 0 Å². The third-order valence-electron chi connectivity index (χ3n) is 4.01. The Kier molecular flexibility index (Phi) is 13.5. The van der Waals surface area contributed by atoms with Gasteiger partial charge < -0.3 is 10.8 Å². The third kappa shape index (κ3) is 12.5. The summed E-state index contributed by atoms with van der Waals surface area (Å²) >= 11 is 0. The first-order valence-electron chi connectivity index (χ1n) is 8.46. The van der Waals surface area contributed by atoms with Crippen LogP contribution in [-0.4, -0.2) is 23.4 Å². The standard InChI is InChI=1S/C17H32NO3/c1-2-3-4-5-6-7-8-9-10-11-12-15(13-17(20)21)16(18)14-19/h15-16H,2-13,18H2,1H3,(H,20,21)/t15?,16-/m1/s1. The van der Waals surface area contributed by atoms with Crippen molar-refractivity contribution in [3.05, 3.63) is 0 Å². The lowest BCUT2D eigenvalue weighted by Crippen LogP contribution is -2.33. The lowest BCUT2D eigenvalue weighted by atomic mass is 9.91. The monoisotopic (exact) mass is 298 g/mol. The Morgan fingerprint density at radius 1 is 1.00 bits per heavy atom. The molecule has 0 aliphatic heterocycles. The van der Waals surface area contributed by atoms with Crippen molar-refractivity contribution in [3.8, 4) is 0 Å². The molecule has 0 heterocycles. The highest BCUT2D eigenvalue weighted by atomic mass is 16.4. The van der Waals surface area contributed by atoms with Gasteiger partial charge in [0.05, 0.1) is 12.5 Å². The summed E-state index contributed by atoms with van der Waals surface area (Å²) in [6.45, 7) is 2.23. The van der Waals surface area contributed by atoms with E-state index in [4.69, 9.17) is 10.8 Å². The van der Waals surface area contributed by atoms with Crippen LogP contribution < -0.4 is 5.73 Å². The maximum Gasteiger partial charge on any atom is 0.303 e. The minimum Gasteiger partial charge on any atom is -0.481 e. The second kappa shape index (κ2) is 14.1. The number of carbonyl (C=O) groups excluding carboxylic acids is 1. The number of rotatable bonds is 15. The molecule has 0 aromatic heterocycles. The van der Waals surface area contributed by atoms with Crippen LogP contribution >= 0.6 is 0 Å². The van der Waals surface area contributed by atoms with E-state index in [-0.39, 0.29) is 12.3 Å². The van der Waals surface area contributed by atoms with Gasteiger partial charge in [-0.1, -0.05) is 71.1 Å². The summed E-state index contributed by atoms with van der Waals surface area (Å²) in [6, 6.07) is -0.764. The zero-order valence-corrected chi connectivity index (χ0v) is 13.5. The van der Waals surface area contributed by atoms with Crippen LogP contribution in [0, 0.1) is 5.92 Å². The Morgan fingerprint density at radius 3 is 1.90 bits per heavy atom. The summed E-state index contributed by atoms with van der Waals surface area (Å²) in [4.78, 5) is 21.3. The van der Waals surface area contributed by atoms with Gasteiger partial charge in [-0.3, -0.25) is 9.59 Å². The maximum absolute atomic E-state index is 10.7. The fraction of sp³-hybridized carbons (Fsp3) is 0.882. The van der Waals surface area contributed by atoms with E-state index >= 15 is 0 Å². The second-order valence-electron chi connectivity index (χ2n) is 5.97. The van der Waals surface area contributed by atoms with Crippen molar-refractivity contribution in [2.75, 3.05) is 0 Å². The topological polar surface area (TPSA) is 80.4 Å². The smallest absolute Gasteiger partial charge is 0.303 e. The van der Waals surface area contributed by atoms with Gasteiger partial charge in [-0.25, -0.2) is 0 Å². The summed E-state index contributed by atoms with van der Waals surface area (Å²) in [5.74, 6) is -1.16. The van der Waals surface area contributed by atoms with Gasteiger partial charge in [-0.15, -0.1) is 0 Å². The fourth-order valence-electron chi connectivity index (χ4n) is 2.62. The van der Waals surface area contributed by atoms with Gasteiger partial charge in [0.15, 0.2) is 0 Å². The normalized spacial score (nSPS) is 13.8. The van der Waals surface area contributed by atoms with E-state index in [1.54, 1.807) is 6.29 Å². The first-order chi connectivity index (χ1) is 10.1. The zero-order valence-electron chi connectivity index (χ0n) is 13.5. The molecule has 21 heavy (non-hydrogen) atoms. The quantitative estimate of drug-likeness (QED) is 0.450. The van der Waals surface area contributed by atoms with Crippen molar-refractivity contribution in [2.24, 2.45) is 11.7 Å². The molecular weight excluding hydrogens is 266 g/mol. The number of carbonyl (C=O) groups is 1. The summed E-state index contributed by atoms with van der Waals surface area (Å²) in [5.41, 5.74) is 5.60. The van der Waals surface area contributed by atoms with Gasteiger partial charge in [-0.05, 0) is 12.3 Å². The number of nitrogens with two attached hydrogens (primary N) is 1. The van der Waals surface area contributed by atoms with Crippen LogP contribution in [0.3, 0.4) is 0 Å². The Labute approximate surface area is 129 Å². The number of unbranched alkanes of at least 4 members (excludes halogenated alkanes) is 9. The highest BCUT2D eigenvalue weighted by molar-refractivity contribution is 5.68. The van der Waals surface area contributed by atoms with Crippen LogP contribution in [-0.2, 0) is 9.59 Å². The fourth-order valence-corrected chi connectivity index (χ4v) is 2.62. The van der Waals surface area contributed by atoms with Gasteiger partial charge in [0.25, 0.3) is 0 Å². The molecule has 4 heteroatoms. The molecule has 3 N–H and O–H groups in total. The molecule has 0 aliphatic rings. The summed E-state index contributed by atoms with van der Waals surface area (Å²) in [5, 5.41) is 8.80. The Bertz CT molecular complexity index is 269. The van der Waals surface area contributed by atoms with E-state index in [1.807, 2.05) is 0 Å². The van der Waals surface area contributed by atoms with E-state index < -0.39 is 12.0 Å². The average molecular weight is 298 g/mol. The molecule has 0 aromatic rings. The predicted octanol–water partition coefficient (Wildman–Crippen LogP) is 3.83. The molecule has 0 bridgehead atoms. The number of hydrogen-bond acceptors (Lipinski definition) is 3. The van der Waals surface area contributed by atoms with E-state index in [0.717, 1.165) is 12.8 Å². The molecule has 0 fully saturated rings. The molecular formula is C17H32NO3. The zero-order chi connectivity index (χ0) is 15.9. The molecule has 4 nitrogen and oxygen atoms in total. The van der Waals surface area contributed by atoms with E-state index in [0.29, 0.717) is 6.42 Å². The molecule has 0 saturated carbocycles. The first kappa shape index (κ1) is 20.1. The molecule has 2 atom stereocenters. The Morgan fingerprint density at radius 2 is 1.48 bits per heavy atom. The molecule has 1 radical (unpaired) electrons. The molecule has 1 unspecified atom stereocenters. The van der Waals surface area contributed by atoms with Gasteiger partial charge in [0, 0.05) is 0 Å². The van der Waals surface area contributed by atoms with Crippen LogP contribution in [0.5, 0.6) is 0 Å². The van der Waals surface area contributed by atoms with E-state index in [9.17, 15) is 9.59 Å². The van der Waals surface area contributed by atoms with Crippen molar-refractivity contribution in [3.63, 3.8) is 0 Å². The van der Waals surface area contributed by atoms with Crippen LogP contribution in [0.2, 0.25) is 0 Å². The van der Waals surface area contributed by atoms with Gasteiger partial charge in [-0.2, -0.15) is 0 Å². The first-order valence-corrected chi connectivity index (χ1v) is 8.46. The Hall–Kier alpha value is -0.900. The molecule has 0 amide bonds. The van der Waals surface area contributed by atoms with E-state index in [1.165, 1.54) is 51.4 Å². The van der Waals surface area contributed by atoms with E-state index in [2.05, 4.69) is 6.92 Å². The number of hydrogen-bond donors (Lipinski definition) is 2. The minimum absolute atomic E-state index is 0.0339. The summed E-state index contributed by atoms with van der Waals surface area (Å²) < 4.78 is 0. The van der Waals surface area contributed by atoms with Crippen molar-refractivity contribution in [1.82, 2.24) is 0 Å². The van der Waals surface area contributed by atoms with Crippen LogP contribution in [0.1, 0.15) is 84.0 Å². The van der Waals surface area contributed by atoms with Crippen molar-refractivity contribution in [1.29, 1.82) is 0 Å². The maximum atomic E-state index is 10.7. The highest BCUT2D eigenvalue weighted by Gasteiger charge is 2.20. The van der Waals surface area contributed by atoms with Crippen molar-refractivity contribution < 1.29 is 14.7 Å². The van der Waals surface area contributed by atoms with Crippen molar-refractivity contribution in [2.45, 2.75) is 90.0 Å². The third-order valence-corrected chi connectivity index (χ3v) is 4.01. The van der Waals surface area contributed by atoms with Crippen LogP contribution in [0.15, 0.2) is 0 Å². The number of carboxylic acid groups (broad SMARTS) is 1. The lowest BCUT2D eigenvalue weighted by molar-refractivity contribution is -0.138. The van der Waals surface area contributed by atoms with Gasteiger partial charge in [0.1, 0.15) is 0 Å². The molecule has 123 valence electrons. The average Bonchev–Trinajstić information content (AvgIpc) is 2.46. The molecule has 0 saturated heterocycles. The van der Waals surface area contributed by atoms with Crippen molar-refractivity contribution >= 4 is 12.3 Å². The summed E-state index contributed by atoms with van der Waals surface area (Å²) in [7, 11) is 0.